The Labute approximate surface area is 108 Å². The fourth-order valence-corrected chi connectivity index (χ4v) is 1.61. The van der Waals surface area contributed by atoms with Gasteiger partial charge in [0.2, 0.25) is 0 Å². The van der Waals surface area contributed by atoms with E-state index in [4.69, 9.17) is 5.26 Å². The van der Waals surface area contributed by atoms with Crippen LogP contribution in [0.1, 0.15) is 17.2 Å². The van der Waals surface area contributed by atoms with Crippen LogP contribution in [0.4, 0.5) is 5.82 Å². The van der Waals surface area contributed by atoms with E-state index in [1.165, 1.54) is 16.9 Å². The molecular formula is C12H10N4O3. The molecule has 1 aromatic carbocycles. The quantitative estimate of drug-likeness (QED) is 0.659. The van der Waals surface area contributed by atoms with Gasteiger partial charge in [-0.2, -0.15) is 9.94 Å². The summed E-state index contributed by atoms with van der Waals surface area (Å²) in [5, 5.41) is 32.8. The van der Waals surface area contributed by atoms with Crippen LogP contribution in [0.3, 0.4) is 0 Å². The van der Waals surface area contributed by atoms with Crippen LogP contribution in [0.15, 0.2) is 36.5 Å². The number of nitro groups is 1. The highest BCUT2D eigenvalue weighted by Gasteiger charge is 2.15. The van der Waals surface area contributed by atoms with Gasteiger partial charge in [-0.05, 0) is 22.6 Å². The van der Waals surface area contributed by atoms with Crippen LogP contribution in [0.2, 0.25) is 0 Å². The second-order valence-corrected chi connectivity index (χ2v) is 3.90. The monoisotopic (exact) mass is 258 g/mol. The molecule has 0 spiro atoms. The molecular weight excluding hydrogens is 248 g/mol. The SMILES string of the molecule is N#Cc1ccc(C(O)Cn2ccc([N+](=O)[O-])n2)cc1. The summed E-state index contributed by atoms with van der Waals surface area (Å²) in [5.41, 5.74) is 1.13. The summed E-state index contributed by atoms with van der Waals surface area (Å²) in [6.45, 7) is 0.111. The van der Waals surface area contributed by atoms with Crippen LogP contribution >= 0.6 is 0 Å². The number of nitrogens with zero attached hydrogens (tertiary/aromatic N) is 4. The molecule has 1 heterocycles. The van der Waals surface area contributed by atoms with Crippen molar-refractivity contribution >= 4 is 5.82 Å². The molecule has 0 saturated heterocycles. The first kappa shape index (κ1) is 12.7. The van der Waals surface area contributed by atoms with Gasteiger partial charge >= 0.3 is 5.82 Å². The number of aliphatic hydroxyl groups excluding tert-OH is 1. The highest BCUT2D eigenvalue weighted by molar-refractivity contribution is 5.32. The first-order valence-electron chi connectivity index (χ1n) is 5.46. The van der Waals surface area contributed by atoms with E-state index >= 15 is 0 Å². The standard InChI is InChI=1S/C12H10N4O3/c13-7-9-1-3-10(4-2-9)11(17)8-15-6-5-12(14-15)16(18)19/h1-6,11,17H,8H2. The Morgan fingerprint density at radius 2 is 2.11 bits per heavy atom. The first-order chi connectivity index (χ1) is 9.10. The van der Waals surface area contributed by atoms with Crippen molar-refractivity contribution in [2.45, 2.75) is 12.6 Å². The minimum absolute atomic E-state index is 0.111. The fraction of sp³-hybridized carbons (Fsp3) is 0.167. The van der Waals surface area contributed by atoms with Crippen LogP contribution in [0.25, 0.3) is 0 Å². The minimum atomic E-state index is -0.841. The lowest BCUT2D eigenvalue weighted by Gasteiger charge is -2.08. The minimum Gasteiger partial charge on any atom is -0.386 e. The average molecular weight is 258 g/mol. The Morgan fingerprint density at radius 3 is 2.63 bits per heavy atom. The molecule has 1 aromatic heterocycles. The largest absolute Gasteiger partial charge is 0.389 e. The summed E-state index contributed by atoms with van der Waals surface area (Å²) in [5.74, 6) is -0.257. The van der Waals surface area contributed by atoms with E-state index in [2.05, 4.69) is 5.10 Å². The van der Waals surface area contributed by atoms with Crippen LogP contribution in [-0.4, -0.2) is 19.8 Å². The lowest BCUT2D eigenvalue weighted by atomic mass is 10.1. The van der Waals surface area contributed by atoms with E-state index in [9.17, 15) is 15.2 Å². The summed E-state index contributed by atoms with van der Waals surface area (Å²) < 4.78 is 1.31. The first-order valence-corrected chi connectivity index (χ1v) is 5.46. The Morgan fingerprint density at radius 1 is 1.42 bits per heavy atom. The molecule has 0 bridgehead atoms. The van der Waals surface area contributed by atoms with E-state index < -0.39 is 11.0 Å². The Hall–Kier alpha value is -2.72. The van der Waals surface area contributed by atoms with Crippen molar-refractivity contribution in [3.8, 4) is 6.07 Å². The van der Waals surface area contributed by atoms with Crippen molar-refractivity contribution < 1.29 is 10.0 Å². The van der Waals surface area contributed by atoms with Crippen molar-refractivity contribution in [1.82, 2.24) is 9.78 Å². The maximum atomic E-state index is 10.5. The summed E-state index contributed by atoms with van der Waals surface area (Å²) in [7, 11) is 0. The van der Waals surface area contributed by atoms with Gasteiger partial charge in [0.1, 0.15) is 6.10 Å². The van der Waals surface area contributed by atoms with Crippen molar-refractivity contribution in [1.29, 1.82) is 5.26 Å². The average Bonchev–Trinajstić information content (AvgIpc) is 2.87. The third-order valence-electron chi connectivity index (χ3n) is 2.60. The third-order valence-corrected chi connectivity index (χ3v) is 2.60. The number of benzene rings is 1. The predicted octanol–water partition coefficient (Wildman–Crippen LogP) is 1.40. The normalized spacial score (nSPS) is 11.8. The number of aliphatic hydroxyl groups is 1. The van der Waals surface area contributed by atoms with E-state index in [0.29, 0.717) is 11.1 Å². The summed E-state index contributed by atoms with van der Waals surface area (Å²) in [6, 6.07) is 9.74. The molecule has 0 aliphatic carbocycles. The van der Waals surface area contributed by atoms with E-state index in [-0.39, 0.29) is 12.4 Å². The Kier molecular flexibility index (Phi) is 3.54. The third kappa shape index (κ3) is 2.94. The van der Waals surface area contributed by atoms with Gasteiger partial charge < -0.3 is 15.2 Å². The Bertz CT molecular complexity index is 627. The van der Waals surface area contributed by atoms with Gasteiger partial charge in [0, 0.05) is 0 Å². The molecule has 19 heavy (non-hydrogen) atoms. The topological polar surface area (TPSA) is 105 Å². The fourth-order valence-electron chi connectivity index (χ4n) is 1.61. The van der Waals surface area contributed by atoms with Gasteiger partial charge in [-0.3, -0.25) is 0 Å². The van der Waals surface area contributed by atoms with Gasteiger partial charge in [0.15, 0.2) is 0 Å². The zero-order valence-corrected chi connectivity index (χ0v) is 9.80. The maximum Gasteiger partial charge on any atom is 0.389 e. The molecule has 1 N–H and O–H groups in total. The molecule has 0 saturated carbocycles. The number of hydrogen-bond acceptors (Lipinski definition) is 5. The van der Waals surface area contributed by atoms with Gasteiger partial charge in [-0.1, -0.05) is 12.1 Å². The van der Waals surface area contributed by atoms with Gasteiger partial charge in [-0.15, -0.1) is 0 Å². The molecule has 1 atom stereocenters. The van der Waals surface area contributed by atoms with Crippen LogP contribution < -0.4 is 0 Å². The molecule has 0 aliphatic rings. The molecule has 96 valence electrons. The van der Waals surface area contributed by atoms with E-state index in [1.54, 1.807) is 24.3 Å². The second kappa shape index (κ2) is 5.29. The molecule has 2 rings (SSSR count). The number of aromatic nitrogens is 2. The highest BCUT2D eigenvalue weighted by Crippen LogP contribution is 2.16. The zero-order chi connectivity index (χ0) is 13.8. The van der Waals surface area contributed by atoms with Gasteiger partial charge in [-0.25, -0.2) is 0 Å². The molecule has 7 heteroatoms. The highest BCUT2D eigenvalue weighted by atomic mass is 16.6. The summed E-state index contributed by atoms with van der Waals surface area (Å²) in [4.78, 5) is 9.88. The van der Waals surface area contributed by atoms with Crippen molar-refractivity contribution in [2.24, 2.45) is 0 Å². The molecule has 0 amide bonds. The van der Waals surface area contributed by atoms with E-state index in [0.717, 1.165) is 0 Å². The number of hydrogen-bond donors (Lipinski definition) is 1. The predicted molar refractivity (Wildman–Crippen MR) is 65.0 cm³/mol. The van der Waals surface area contributed by atoms with Gasteiger partial charge in [0.25, 0.3) is 0 Å². The van der Waals surface area contributed by atoms with Crippen LogP contribution in [-0.2, 0) is 6.54 Å². The molecule has 0 fully saturated rings. The lowest BCUT2D eigenvalue weighted by Crippen LogP contribution is -2.09. The summed E-state index contributed by atoms with van der Waals surface area (Å²) in [6.07, 6.45) is 0.595. The maximum absolute atomic E-state index is 10.5. The van der Waals surface area contributed by atoms with Gasteiger partial charge in [0.05, 0.1) is 35.5 Å². The smallest absolute Gasteiger partial charge is 0.386 e. The van der Waals surface area contributed by atoms with Crippen LogP contribution in [0, 0.1) is 21.4 Å². The van der Waals surface area contributed by atoms with E-state index in [1.807, 2.05) is 6.07 Å². The molecule has 0 radical (unpaired) electrons. The van der Waals surface area contributed by atoms with Crippen molar-refractivity contribution in [3.05, 3.63) is 57.8 Å². The Balaban J connectivity index is 2.09. The zero-order valence-electron chi connectivity index (χ0n) is 9.80. The lowest BCUT2D eigenvalue weighted by molar-refractivity contribution is -0.389. The second-order valence-electron chi connectivity index (χ2n) is 3.90. The molecule has 7 nitrogen and oxygen atoms in total. The number of rotatable bonds is 4. The molecule has 2 aromatic rings. The van der Waals surface area contributed by atoms with Crippen molar-refractivity contribution in [3.63, 3.8) is 0 Å². The van der Waals surface area contributed by atoms with Crippen molar-refractivity contribution in [2.75, 3.05) is 0 Å². The number of nitriles is 1. The summed E-state index contributed by atoms with van der Waals surface area (Å²) >= 11 is 0. The molecule has 1 unspecified atom stereocenters. The molecule has 0 aliphatic heterocycles. The van der Waals surface area contributed by atoms with Crippen LogP contribution in [0.5, 0.6) is 0 Å².